The highest BCUT2D eigenvalue weighted by molar-refractivity contribution is 5.94. The van der Waals surface area contributed by atoms with Gasteiger partial charge in [-0.15, -0.1) is 0 Å². The SMILES string of the molecule is O=C(c1ccc(CN2CCCCC2)cc1)N1CCN(Cc2ccccc2)CC1. The maximum atomic E-state index is 12.9. The van der Waals surface area contributed by atoms with Crippen molar-refractivity contribution < 1.29 is 4.79 Å². The summed E-state index contributed by atoms with van der Waals surface area (Å²) >= 11 is 0. The van der Waals surface area contributed by atoms with Gasteiger partial charge in [0, 0.05) is 44.8 Å². The summed E-state index contributed by atoms with van der Waals surface area (Å²) in [5.74, 6) is 0.170. The Hall–Kier alpha value is -2.17. The van der Waals surface area contributed by atoms with Crippen molar-refractivity contribution in [2.75, 3.05) is 39.3 Å². The molecule has 4 rings (SSSR count). The highest BCUT2D eigenvalue weighted by Gasteiger charge is 2.22. The number of piperazine rings is 1. The molecule has 2 aliphatic heterocycles. The third-order valence-corrected chi connectivity index (χ3v) is 5.96. The molecule has 2 aromatic carbocycles. The Morgan fingerprint density at radius 2 is 1.21 bits per heavy atom. The topological polar surface area (TPSA) is 26.8 Å². The van der Waals surface area contributed by atoms with E-state index >= 15 is 0 Å². The van der Waals surface area contributed by atoms with Gasteiger partial charge < -0.3 is 4.90 Å². The van der Waals surface area contributed by atoms with Gasteiger partial charge in [0.05, 0.1) is 0 Å². The Bertz CT molecular complexity index is 745. The normalized spacial score (nSPS) is 18.9. The van der Waals surface area contributed by atoms with Crippen LogP contribution >= 0.6 is 0 Å². The Labute approximate surface area is 168 Å². The van der Waals surface area contributed by atoms with Crippen molar-refractivity contribution >= 4 is 5.91 Å². The monoisotopic (exact) mass is 377 g/mol. The van der Waals surface area contributed by atoms with E-state index in [9.17, 15) is 4.79 Å². The maximum Gasteiger partial charge on any atom is 0.253 e. The second-order valence-corrected chi connectivity index (χ2v) is 8.09. The lowest BCUT2D eigenvalue weighted by Gasteiger charge is -2.34. The predicted octanol–water partition coefficient (Wildman–Crippen LogP) is 3.63. The Morgan fingerprint density at radius 3 is 1.86 bits per heavy atom. The zero-order valence-corrected chi connectivity index (χ0v) is 16.7. The van der Waals surface area contributed by atoms with Gasteiger partial charge in [-0.25, -0.2) is 0 Å². The predicted molar refractivity (Wildman–Crippen MR) is 113 cm³/mol. The van der Waals surface area contributed by atoms with Gasteiger partial charge in [0.25, 0.3) is 5.91 Å². The minimum absolute atomic E-state index is 0.170. The first-order chi connectivity index (χ1) is 13.8. The summed E-state index contributed by atoms with van der Waals surface area (Å²) in [4.78, 5) is 19.8. The fraction of sp³-hybridized carbons (Fsp3) is 0.458. The van der Waals surface area contributed by atoms with E-state index in [0.29, 0.717) is 0 Å². The molecule has 0 atom stereocenters. The Balaban J connectivity index is 1.27. The summed E-state index contributed by atoms with van der Waals surface area (Å²) in [6.07, 6.45) is 3.99. The highest BCUT2D eigenvalue weighted by Crippen LogP contribution is 2.16. The maximum absolute atomic E-state index is 12.9. The first kappa shape index (κ1) is 19.2. The summed E-state index contributed by atoms with van der Waals surface area (Å²) in [6.45, 7) is 7.87. The lowest BCUT2D eigenvalue weighted by atomic mass is 10.1. The summed E-state index contributed by atoms with van der Waals surface area (Å²) in [7, 11) is 0. The Kier molecular flexibility index (Phi) is 6.40. The standard InChI is InChI=1S/C24H31N3O/c28-24(23-11-9-22(10-12-23)20-25-13-5-2-6-14-25)27-17-15-26(16-18-27)19-21-7-3-1-4-8-21/h1,3-4,7-12H,2,5-6,13-20H2. The van der Waals surface area contributed by atoms with E-state index in [-0.39, 0.29) is 5.91 Å². The van der Waals surface area contributed by atoms with Crippen molar-refractivity contribution in [3.05, 3.63) is 71.3 Å². The van der Waals surface area contributed by atoms with Crippen molar-refractivity contribution in [1.29, 1.82) is 0 Å². The van der Waals surface area contributed by atoms with E-state index in [1.807, 2.05) is 17.0 Å². The third kappa shape index (κ3) is 5.00. The lowest BCUT2D eigenvalue weighted by Crippen LogP contribution is -2.48. The van der Waals surface area contributed by atoms with Gasteiger partial charge in [0.2, 0.25) is 0 Å². The minimum atomic E-state index is 0.170. The van der Waals surface area contributed by atoms with Gasteiger partial charge in [-0.05, 0) is 49.2 Å². The molecule has 0 saturated carbocycles. The van der Waals surface area contributed by atoms with Crippen LogP contribution in [0, 0.1) is 0 Å². The first-order valence-corrected chi connectivity index (χ1v) is 10.6. The van der Waals surface area contributed by atoms with E-state index in [4.69, 9.17) is 0 Å². The smallest absolute Gasteiger partial charge is 0.253 e. The van der Waals surface area contributed by atoms with E-state index in [2.05, 4.69) is 52.3 Å². The van der Waals surface area contributed by atoms with Crippen LogP contribution in [0.25, 0.3) is 0 Å². The van der Waals surface area contributed by atoms with Gasteiger partial charge in [0.15, 0.2) is 0 Å². The van der Waals surface area contributed by atoms with Gasteiger partial charge >= 0.3 is 0 Å². The lowest BCUT2D eigenvalue weighted by molar-refractivity contribution is 0.0628. The van der Waals surface area contributed by atoms with Crippen LogP contribution in [0.5, 0.6) is 0 Å². The van der Waals surface area contributed by atoms with Gasteiger partial charge in [0.1, 0.15) is 0 Å². The molecule has 0 aromatic heterocycles. The molecule has 148 valence electrons. The zero-order chi connectivity index (χ0) is 19.2. The number of likely N-dealkylation sites (tertiary alicyclic amines) is 1. The van der Waals surface area contributed by atoms with Crippen LogP contribution in [0.15, 0.2) is 54.6 Å². The number of amides is 1. The average molecular weight is 378 g/mol. The van der Waals surface area contributed by atoms with Crippen molar-refractivity contribution in [3.63, 3.8) is 0 Å². The number of benzene rings is 2. The summed E-state index contributed by atoms with van der Waals surface area (Å²) in [5, 5.41) is 0. The molecular formula is C24H31N3O. The molecule has 28 heavy (non-hydrogen) atoms. The van der Waals surface area contributed by atoms with Crippen LogP contribution in [-0.4, -0.2) is 59.9 Å². The minimum Gasteiger partial charge on any atom is -0.336 e. The average Bonchev–Trinajstić information content (AvgIpc) is 2.76. The molecule has 2 heterocycles. The summed E-state index contributed by atoms with van der Waals surface area (Å²) < 4.78 is 0. The van der Waals surface area contributed by atoms with Crippen LogP contribution < -0.4 is 0 Å². The van der Waals surface area contributed by atoms with Crippen LogP contribution in [0.4, 0.5) is 0 Å². The van der Waals surface area contributed by atoms with E-state index < -0.39 is 0 Å². The zero-order valence-electron chi connectivity index (χ0n) is 16.7. The molecule has 0 aliphatic carbocycles. The number of nitrogens with zero attached hydrogens (tertiary/aromatic N) is 3. The number of piperidine rings is 1. The van der Waals surface area contributed by atoms with Crippen LogP contribution in [-0.2, 0) is 13.1 Å². The van der Waals surface area contributed by atoms with Crippen LogP contribution in [0.2, 0.25) is 0 Å². The quantitative estimate of drug-likeness (QED) is 0.796. The number of hydrogen-bond acceptors (Lipinski definition) is 3. The molecule has 4 nitrogen and oxygen atoms in total. The number of hydrogen-bond donors (Lipinski definition) is 0. The molecule has 2 aliphatic rings. The van der Waals surface area contributed by atoms with Gasteiger partial charge in [-0.1, -0.05) is 48.9 Å². The van der Waals surface area contributed by atoms with Crippen molar-refractivity contribution in [2.45, 2.75) is 32.4 Å². The molecule has 0 N–H and O–H groups in total. The fourth-order valence-electron chi connectivity index (χ4n) is 4.26. The number of rotatable bonds is 5. The van der Waals surface area contributed by atoms with Gasteiger partial charge in [-0.2, -0.15) is 0 Å². The largest absolute Gasteiger partial charge is 0.336 e. The summed E-state index contributed by atoms with van der Waals surface area (Å²) in [6, 6.07) is 18.9. The van der Waals surface area contributed by atoms with E-state index in [1.165, 1.54) is 43.5 Å². The molecule has 0 spiro atoms. The van der Waals surface area contributed by atoms with Crippen molar-refractivity contribution in [1.82, 2.24) is 14.7 Å². The molecule has 0 bridgehead atoms. The second-order valence-electron chi connectivity index (χ2n) is 8.09. The molecule has 2 saturated heterocycles. The molecule has 0 unspecified atom stereocenters. The molecular weight excluding hydrogens is 346 g/mol. The third-order valence-electron chi connectivity index (χ3n) is 5.96. The fourth-order valence-corrected chi connectivity index (χ4v) is 4.26. The molecule has 1 amide bonds. The molecule has 4 heteroatoms. The molecule has 2 fully saturated rings. The summed E-state index contributed by atoms with van der Waals surface area (Å²) in [5.41, 5.74) is 3.47. The van der Waals surface area contributed by atoms with Crippen molar-refractivity contribution in [2.24, 2.45) is 0 Å². The van der Waals surface area contributed by atoms with E-state index in [0.717, 1.165) is 44.8 Å². The second kappa shape index (κ2) is 9.35. The Morgan fingerprint density at radius 1 is 0.643 bits per heavy atom. The van der Waals surface area contributed by atoms with E-state index in [1.54, 1.807) is 0 Å². The van der Waals surface area contributed by atoms with Crippen LogP contribution in [0.3, 0.4) is 0 Å². The number of carbonyl (C=O) groups is 1. The first-order valence-electron chi connectivity index (χ1n) is 10.6. The van der Waals surface area contributed by atoms with Crippen LogP contribution in [0.1, 0.15) is 40.7 Å². The highest BCUT2D eigenvalue weighted by atomic mass is 16.2. The van der Waals surface area contributed by atoms with Crippen molar-refractivity contribution in [3.8, 4) is 0 Å². The molecule has 0 radical (unpaired) electrons. The van der Waals surface area contributed by atoms with Gasteiger partial charge in [-0.3, -0.25) is 14.6 Å². The number of carbonyl (C=O) groups excluding carboxylic acids is 1. The molecule has 2 aromatic rings.